The number of methoxy groups -OCH3 is 1. The van der Waals surface area contributed by atoms with E-state index < -0.39 is 0 Å². The fraction of sp³-hybridized carbons (Fsp3) is 0.400. The molecule has 1 fully saturated rings. The summed E-state index contributed by atoms with van der Waals surface area (Å²) in [6.07, 6.45) is 7.69. The van der Waals surface area contributed by atoms with Gasteiger partial charge in [-0.1, -0.05) is 0 Å². The van der Waals surface area contributed by atoms with Crippen LogP contribution in [-0.4, -0.2) is 28.7 Å². The molecule has 0 spiro atoms. The van der Waals surface area contributed by atoms with Crippen molar-refractivity contribution in [1.82, 2.24) is 15.0 Å². The summed E-state index contributed by atoms with van der Waals surface area (Å²) in [7, 11) is 1.62. The van der Waals surface area contributed by atoms with Crippen LogP contribution < -0.4 is 9.47 Å². The van der Waals surface area contributed by atoms with Gasteiger partial charge in [-0.25, -0.2) is 4.98 Å². The third-order valence-corrected chi connectivity index (χ3v) is 3.40. The summed E-state index contributed by atoms with van der Waals surface area (Å²) in [5.74, 6) is 2.96. The lowest BCUT2D eigenvalue weighted by Gasteiger charge is -2.05. The minimum Gasteiger partial charge on any atom is -0.495 e. The molecular weight excluding hydrogens is 334 g/mol. The number of hydrogen-bond acceptors (Lipinski definition) is 5. The van der Waals surface area contributed by atoms with Crippen LogP contribution in [-0.2, 0) is 0 Å². The lowest BCUT2D eigenvalue weighted by Crippen LogP contribution is -2.02. The normalized spacial score (nSPS) is 13.1. The van der Waals surface area contributed by atoms with Gasteiger partial charge in [0.1, 0.15) is 11.6 Å². The highest BCUT2D eigenvalue weighted by atomic mass is 79.9. The summed E-state index contributed by atoms with van der Waals surface area (Å²) in [6.45, 7) is 2.64. The molecule has 21 heavy (non-hydrogen) atoms. The minimum atomic E-state index is 0.666. The van der Waals surface area contributed by atoms with Crippen LogP contribution in [0.25, 0.3) is 0 Å². The smallest absolute Gasteiger partial charge is 0.231 e. The Morgan fingerprint density at radius 2 is 2.14 bits per heavy atom. The summed E-state index contributed by atoms with van der Waals surface area (Å²) in [5, 5.41) is 0. The van der Waals surface area contributed by atoms with E-state index in [-0.39, 0.29) is 0 Å². The molecule has 2 aromatic heterocycles. The highest BCUT2D eigenvalue weighted by Gasteiger charge is 2.22. The monoisotopic (exact) mass is 351 g/mol. The van der Waals surface area contributed by atoms with Gasteiger partial charge in [-0.05, 0) is 53.7 Å². The van der Waals surface area contributed by atoms with Crippen molar-refractivity contribution in [3.63, 3.8) is 0 Å². The number of rotatable bonds is 4. The Morgan fingerprint density at radius 3 is 2.71 bits per heavy atom. The zero-order valence-electron chi connectivity index (χ0n) is 12.1. The van der Waals surface area contributed by atoms with Crippen molar-refractivity contribution in [2.75, 3.05) is 13.7 Å². The maximum absolute atomic E-state index is 5.54. The van der Waals surface area contributed by atoms with E-state index in [1.807, 2.05) is 19.1 Å². The van der Waals surface area contributed by atoms with Crippen molar-refractivity contribution >= 4 is 15.9 Å². The SMILES string of the molecule is COc1cccnc1.Cc1ncc(Br)c(OCC2CC2)n1. The van der Waals surface area contributed by atoms with Crippen LogP contribution in [0, 0.1) is 12.8 Å². The second-order valence-corrected chi connectivity index (χ2v) is 5.57. The summed E-state index contributed by atoms with van der Waals surface area (Å²) in [6, 6.07) is 3.69. The highest BCUT2D eigenvalue weighted by molar-refractivity contribution is 9.10. The largest absolute Gasteiger partial charge is 0.495 e. The Hall–Kier alpha value is -1.69. The second-order valence-electron chi connectivity index (χ2n) is 4.72. The maximum Gasteiger partial charge on any atom is 0.231 e. The average molecular weight is 352 g/mol. The summed E-state index contributed by atoms with van der Waals surface area (Å²) in [5.41, 5.74) is 0. The van der Waals surface area contributed by atoms with Gasteiger partial charge in [0.05, 0.1) is 24.4 Å². The zero-order valence-corrected chi connectivity index (χ0v) is 13.7. The summed E-state index contributed by atoms with van der Waals surface area (Å²) >= 11 is 3.35. The second kappa shape index (κ2) is 7.93. The number of halogens is 1. The fourth-order valence-corrected chi connectivity index (χ4v) is 1.79. The molecule has 0 atom stereocenters. The molecule has 2 heterocycles. The lowest BCUT2D eigenvalue weighted by molar-refractivity contribution is 0.285. The van der Waals surface area contributed by atoms with E-state index >= 15 is 0 Å². The molecule has 2 aromatic rings. The molecule has 3 rings (SSSR count). The third-order valence-electron chi connectivity index (χ3n) is 2.86. The Bertz CT molecular complexity index is 562. The predicted molar refractivity (Wildman–Crippen MR) is 83.5 cm³/mol. The Labute approximate surface area is 132 Å². The molecule has 5 nitrogen and oxygen atoms in total. The van der Waals surface area contributed by atoms with Gasteiger partial charge in [0.15, 0.2) is 0 Å². The van der Waals surface area contributed by atoms with Crippen LogP contribution in [0.4, 0.5) is 0 Å². The lowest BCUT2D eigenvalue weighted by atomic mass is 10.5. The van der Waals surface area contributed by atoms with Crippen LogP contribution in [0.2, 0.25) is 0 Å². The van der Waals surface area contributed by atoms with Gasteiger partial charge in [-0.3, -0.25) is 4.98 Å². The molecule has 0 saturated heterocycles. The van der Waals surface area contributed by atoms with E-state index in [1.54, 1.807) is 25.7 Å². The summed E-state index contributed by atoms with van der Waals surface area (Å²) in [4.78, 5) is 12.1. The fourth-order valence-electron chi connectivity index (χ4n) is 1.48. The number of aryl methyl sites for hydroxylation is 1. The number of ether oxygens (including phenoxy) is 2. The topological polar surface area (TPSA) is 57.1 Å². The molecule has 0 radical (unpaired) electrons. The first-order chi connectivity index (χ1) is 10.2. The number of hydrogen-bond donors (Lipinski definition) is 0. The van der Waals surface area contributed by atoms with E-state index in [0.717, 1.165) is 28.6 Å². The number of aromatic nitrogens is 3. The van der Waals surface area contributed by atoms with Crippen molar-refractivity contribution < 1.29 is 9.47 Å². The van der Waals surface area contributed by atoms with Gasteiger partial charge in [0.25, 0.3) is 0 Å². The molecule has 0 aromatic carbocycles. The first kappa shape index (κ1) is 15.7. The first-order valence-corrected chi connectivity index (χ1v) is 7.54. The van der Waals surface area contributed by atoms with Gasteiger partial charge in [0.2, 0.25) is 5.88 Å². The van der Waals surface area contributed by atoms with E-state index in [9.17, 15) is 0 Å². The van der Waals surface area contributed by atoms with Gasteiger partial charge in [-0.15, -0.1) is 0 Å². The molecule has 1 saturated carbocycles. The van der Waals surface area contributed by atoms with Crippen LogP contribution in [0.15, 0.2) is 35.2 Å². The molecule has 0 amide bonds. The first-order valence-electron chi connectivity index (χ1n) is 6.75. The molecular formula is C15H18BrN3O2. The van der Waals surface area contributed by atoms with Gasteiger partial charge in [-0.2, -0.15) is 4.98 Å². The Kier molecular flexibility index (Phi) is 5.92. The maximum atomic E-state index is 5.54. The summed E-state index contributed by atoms with van der Waals surface area (Å²) < 4.78 is 11.2. The van der Waals surface area contributed by atoms with Crippen LogP contribution in [0.1, 0.15) is 18.7 Å². The molecule has 0 bridgehead atoms. The zero-order chi connectivity index (χ0) is 15.1. The molecule has 6 heteroatoms. The molecule has 0 unspecified atom stereocenters. The molecule has 1 aliphatic carbocycles. The Balaban J connectivity index is 0.000000173. The molecule has 0 aliphatic heterocycles. The minimum absolute atomic E-state index is 0.666. The van der Waals surface area contributed by atoms with Crippen LogP contribution in [0.3, 0.4) is 0 Å². The average Bonchev–Trinajstić information content (AvgIpc) is 3.34. The van der Waals surface area contributed by atoms with Gasteiger partial charge in [0, 0.05) is 12.4 Å². The van der Waals surface area contributed by atoms with Gasteiger partial charge < -0.3 is 9.47 Å². The van der Waals surface area contributed by atoms with E-state index in [1.165, 1.54) is 12.8 Å². The van der Waals surface area contributed by atoms with Crippen molar-refractivity contribution in [3.8, 4) is 11.6 Å². The number of nitrogens with zero attached hydrogens (tertiary/aromatic N) is 3. The van der Waals surface area contributed by atoms with Gasteiger partial charge >= 0.3 is 0 Å². The third kappa shape index (κ3) is 5.67. The van der Waals surface area contributed by atoms with Crippen LogP contribution >= 0.6 is 15.9 Å². The standard InChI is InChI=1S/C9H11BrN2O.C6H7NO/c1-6-11-4-8(10)9(12-6)13-5-7-2-3-7;1-8-6-3-2-4-7-5-6/h4,7H,2-3,5H2,1H3;2-5H,1H3. The Morgan fingerprint density at radius 1 is 1.33 bits per heavy atom. The van der Waals surface area contributed by atoms with Crippen molar-refractivity contribution in [3.05, 3.63) is 41.0 Å². The number of pyridine rings is 1. The molecule has 1 aliphatic rings. The van der Waals surface area contributed by atoms with Crippen LogP contribution in [0.5, 0.6) is 11.6 Å². The van der Waals surface area contributed by atoms with E-state index in [2.05, 4.69) is 30.9 Å². The van der Waals surface area contributed by atoms with E-state index in [4.69, 9.17) is 9.47 Å². The van der Waals surface area contributed by atoms with Crippen molar-refractivity contribution in [1.29, 1.82) is 0 Å². The highest BCUT2D eigenvalue weighted by Crippen LogP contribution is 2.30. The van der Waals surface area contributed by atoms with Crippen molar-refractivity contribution in [2.45, 2.75) is 19.8 Å². The van der Waals surface area contributed by atoms with Crippen molar-refractivity contribution in [2.24, 2.45) is 5.92 Å². The predicted octanol–water partition coefficient (Wildman–Crippen LogP) is 3.43. The molecule has 0 N–H and O–H groups in total. The molecule has 112 valence electrons. The quantitative estimate of drug-likeness (QED) is 0.844. The van der Waals surface area contributed by atoms with E-state index in [0.29, 0.717) is 5.88 Å².